The summed E-state index contributed by atoms with van der Waals surface area (Å²) >= 11 is 1.41. The summed E-state index contributed by atoms with van der Waals surface area (Å²) < 4.78 is 9.62. The van der Waals surface area contributed by atoms with Gasteiger partial charge in [-0.1, -0.05) is 76.1 Å². The predicted molar refractivity (Wildman–Crippen MR) is 194 cm³/mol. The normalized spacial score (nSPS) is 14.4. The van der Waals surface area contributed by atoms with Gasteiger partial charge < -0.3 is 19.5 Å². The van der Waals surface area contributed by atoms with Crippen molar-refractivity contribution < 1.29 is 14.6 Å². The second kappa shape index (κ2) is 15.2. The SMILES string of the molecule is CC(C)(C)CCOc1cccc(-c2ccc3nc2-c2ccccc2CCCCCCN(CC(C)(C)C(=O)O)c2cccc(n2)SN3)c1. The van der Waals surface area contributed by atoms with Crippen molar-refractivity contribution in [1.29, 1.82) is 0 Å². The molecule has 1 aliphatic heterocycles. The molecule has 5 rings (SSSR count). The highest BCUT2D eigenvalue weighted by atomic mass is 32.2. The molecule has 3 heterocycles. The van der Waals surface area contributed by atoms with Crippen LogP contribution in [0.3, 0.4) is 0 Å². The molecule has 0 saturated heterocycles. The number of pyridine rings is 2. The van der Waals surface area contributed by atoms with Crippen LogP contribution in [-0.2, 0) is 11.2 Å². The summed E-state index contributed by atoms with van der Waals surface area (Å²) in [6, 6.07) is 27.0. The fourth-order valence-electron chi connectivity index (χ4n) is 5.68. The molecule has 0 aliphatic carbocycles. The number of hydrogen-bond acceptors (Lipinski definition) is 7. The van der Waals surface area contributed by atoms with Gasteiger partial charge in [-0.05, 0) is 92.5 Å². The highest BCUT2D eigenvalue weighted by molar-refractivity contribution is 8.00. The standard InChI is InChI=1S/C39H48N4O3S/c1-38(2,3)23-25-46-30-17-12-16-29(26-30)32-21-22-33-40-36(32)31-18-10-9-15-28(31)14-8-6-7-11-24-43(27-39(4,5)37(44)45)34-19-13-20-35(41-34)47-42-33/h9-10,12-13,15-22,26H,6-8,11,14,23-25,27H2,1-5H3,(H,40,42)(H,44,45). The van der Waals surface area contributed by atoms with Crippen LogP contribution >= 0.6 is 11.9 Å². The van der Waals surface area contributed by atoms with E-state index in [4.69, 9.17) is 14.7 Å². The van der Waals surface area contributed by atoms with Gasteiger partial charge in [0.15, 0.2) is 0 Å². The van der Waals surface area contributed by atoms with Gasteiger partial charge in [-0.3, -0.25) is 4.79 Å². The summed E-state index contributed by atoms with van der Waals surface area (Å²) in [5, 5.41) is 10.6. The molecule has 47 heavy (non-hydrogen) atoms. The first-order valence-electron chi connectivity index (χ1n) is 16.7. The van der Waals surface area contributed by atoms with Crippen molar-refractivity contribution in [3.8, 4) is 28.1 Å². The number of nitrogens with one attached hydrogen (secondary N) is 1. The maximum Gasteiger partial charge on any atom is 0.310 e. The van der Waals surface area contributed by atoms with Crippen molar-refractivity contribution in [2.75, 3.05) is 29.3 Å². The minimum atomic E-state index is -0.897. The molecule has 0 spiro atoms. The van der Waals surface area contributed by atoms with Crippen molar-refractivity contribution >= 4 is 29.6 Å². The van der Waals surface area contributed by atoms with Crippen LogP contribution < -0.4 is 14.4 Å². The van der Waals surface area contributed by atoms with Crippen molar-refractivity contribution in [2.24, 2.45) is 10.8 Å². The zero-order valence-corrected chi connectivity index (χ0v) is 29.2. The van der Waals surface area contributed by atoms with E-state index in [-0.39, 0.29) is 5.41 Å². The molecule has 8 heteroatoms. The molecule has 2 aromatic carbocycles. The van der Waals surface area contributed by atoms with Crippen molar-refractivity contribution in [2.45, 2.75) is 78.2 Å². The van der Waals surface area contributed by atoms with Crippen molar-refractivity contribution in [1.82, 2.24) is 9.97 Å². The van der Waals surface area contributed by atoms with Crippen molar-refractivity contribution in [3.63, 3.8) is 0 Å². The van der Waals surface area contributed by atoms with Crippen LogP contribution in [0.4, 0.5) is 11.6 Å². The largest absolute Gasteiger partial charge is 0.494 e. The third kappa shape index (κ3) is 9.50. The summed E-state index contributed by atoms with van der Waals surface area (Å²) in [7, 11) is 0. The number of hydrogen-bond donors (Lipinski definition) is 2. The number of fused-ring (bicyclic) bond motifs is 6. The molecule has 0 unspecified atom stereocenters. The first-order chi connectivity index (χ1) is 22.5. The Balaban J connectivity index is 1.49. The number of ether oxygens (including phenoxy) is 1. The number of anilines is 2. The third-order valence-corrected chi connectivity index (χ3v) is 9.26. The molecule has 0 saturated carbocycles. The highest BCUT2D eigenvalue weighted by Gasteiger charge is 2.30. The summed E-state index contributed by atoms with van der Waals surface area (Å²) in [4.78, 5) is 24.3. The van der Waals surface area contributed by atoms with Crippen LogP contribution in [-0.4, -0.2) is 40.7 Å². The number of aryl methyl sites for hydroxylation is 1. The quantitative estimate of drug-likeness (QED) is 0.191. The van der Waals surface area contributed by atoms with Crippen LogP contribution in [0.25, 0.3) is 22.4 Å². The Morgan fingerprint density at radius 3 is 2.49 bits per heavy atom. The monoisotopic (exact) mass is 652 g/mol. The molecule has 2 aromatic heterocycles. The van der Waals surface area contributed by atoms with E-state index < -0.39 is 11.4 Å². The second-order valence-electron chi connectivity index (χ2n) is 14.2. The van der Waals surface area contributed by atoms with E-state index in [2.05, 4.69) is 78.9 Å². The molecule has 4 aromatic rings. The summed E-state index contributed by atoms with van der Waals surface area (Å²) in [6.45, 7) is 12.1. The number of aliphatic carboxylic acids is 1. The molecule has 0 radical (unpaired) electrons. The minimum absolute atomic E-state index is 0.213. The average Bonchev–Trinajstić information content (AvgIpc) is 3.04. The van der Waals surface area contributed by atoms with E-state index >= 15 is 0 Å². The molecule has 0 fully saturated rings. The smallest absolute Gasteiger partial charge is 0.310 e. The average molecular weight is 653 g/mol. The zero-order valence-electron chi connectivity index (χ0n) is 28.4. The Kier molecular flexibility index (Phi) is 11.1. The third-order valence-electron chi connectivity index (χ3n) is 8.52. The molecular formula is C39H48N4O3S. The molecule has 2 N–H and O–H groups in total. The Hall–Kier alpha value is -4.04. The van der Waals surface area contributed by atoms with Gasteiger partial charge >= 0.3 is 5.97 Å². The van der Waals surface area contributed by atoms with Gasteiger partial charge in [0.1, 0.15) is 22.4 Å². The topological polar surface area (TPSA) is 87.6 Å². The number of carbonyl (C=O) groups is 1. The predicted octanol–water partition coefficient (Wildman–Crippen LogP) is 9.78. The maximum absolute atomic E-state index is 12.0. The first-order valence-corrected chi connectivity index (χ1v) is 17.5. The second-order valence-corrected chi connectivity index (χ2v) is 15.1. The van der Waals surface area contributed by atoms with Gasteiger partial charge in [0.25, 0.3) is 0 Å². The van der Waals surface area contributed by atoms with E-state index in [1.807, 2.05) is 30.3 Å². The molecule has 0 atom stereocenters. The number of nitrogens with zero attached hydrogens (tertiary/aromatic N) is 3. The Morgan fingerprint density at radius 2 is 1.68 bits per heavy atom. The van der Waals surface area contributed by atoms with Gasteiger partial charge in [0, 0.05) is 36.2 Å². The lowest BCUT2D eigenvalue weighted by Gasteiger charge is -2.31. The maximum atomic E-state index is 12.0. The Bertz CT molecular complexity index is 1670. The molecule has 1 aliphatic rings. The lowest BCUT2D eigenvalue weighted by molar-refractivity contribution is -0.146. The van der Waals surface area contributed by atoms with Crippen LogP contribution in [0.2, 0.25) is 0 Å². The number of aromatic nitrogens is 2. The lowest BCUT2D eigenvalue weighted by atomic mass is 9.92. The molecule has 4 bridgehead atoms. The van der Waals surface area contributed by atoms with Gasteiger partial charge in [-0.15, -0.1) is 0 Å². The number of carboxylic acids is 1. The van der Waals surface area contributed by atoms with E-state index in [1.165, 1.54) is 17.5 Å². The van der Waals surface area contributed by atoms with E-state index in [9.17, 15) is 9.90 Å². The van der Waals surface area contributed by atoms with Gasteiger partial charge in [-0.25, -0.2) is 9.97 Å². The van der Waals surface area contributed by atoms with Gasteiger partial charge in [0.2, 0.25) is 0 Å². The van der Waals surface area contributed by atoms with Gasteiger partial charge in [-0.2, -0.15) is 0 Å². The Labute approximate surface area is 284 Å². The van der Waals surface area contributed by atoms with Crippen LogP contribution in [0, 0.1) is 10.8 Å². The van der Waals surface area contributed by atoms with Gasteiger partial charge in [0.05, 0.1) is 17.7 Å². The van der Waals surface area contributed by atoms with E-state index in [0.29, 0.717) is 13.2 Å². The lowest BCUT2D eigenvalue weighted by Crippen LogP contribution is -2.40. The molecule has 248 valence electrons. The Morgan fingerprint density at radius 1 is 0.894 bits per heavy atom. The van der Waals surface area contributed by atoms with E-state index in [1.54, 1.807) is 13.8 Å². The number of carboxylic acid groups (broad SMARTS) is 1. The van der Waals surface area contributed by atoms with Crippen molar-refractivity contribution in [3.05, 3.63) is 84.4 Å². The van der Waals surface area contributed by atoms with E-state index in [0.717, 1.165) is 89.9 Å². The summed E-state index contributed by atoms with van der Waals surface area (Å²) in [5.41, 5.74) is 4.80. The highest BCUT2D eigenvalue weighted by Crippen LogP contribution is 2.37. The van der Waals surface area contributed by atoms with Crippen LogP contribution in [0.1, 0.15) is 72.3 Å². The number of benzene rings is 2. The van der Waals surface area contributed by atoms with Crippen LogP contribution in [0.5, 0.6) is 5.75 Å². The molecule has 0 amide bonds. The number of rotatable bonds is 7. The summed E-state index contributed by atoms with van der Waals surface area (Å²) in [5.74, 6) is 1.58. The minimum Gasteiger partial charge on any atom is -0.494 e. The fourth-order valence-corrected chi connectivity index (χ4v) is 6.29. The summed E-state index contributed by atoms with van der Waals surface area (Å²) in [6.07, 6.45) is 6.11. The fraction of sp³-hybridized carbons (Fsp3) is 0.410. The zero-order chi connectivity index (χ0) is 33.4. The van der Waals surface area contributed by atoms with Crippen LogP contribution in [0.15, 0.2) is 83.9 Å². The molecular weight excluding hydrogens is 605 g/mol. The first kappa shape index (κ1) is 34.3. The molecule has 7 nitrogen and oxygen atoms in total.